The maximum Gasteiger partial charge on any atom is 0.307 e. The Hall–Kier alpha value is -3.14. The molecule has 24 heavy (non-hydrogen) atoms. The topological polar surface area (TPSA) is 74.6 Å². The van der Waals surface area contributed by atoms with E-state index in [1.165, 1.54) is 0 Å². The Morgan fingerprint density at radius 1 is 0.667 bits per heavy atom. The molecule has 0 amide bonds. The van der Waals surface area contributed by atoms with Crippen LogP contribution in [-0.2, 0) is 22.4 Å². The lowest BCUT2D eigenvalue weighted by atomic mass is 10.1. The van der Waals surface area contributed by atoms with Crippen LogP contribution in [0.4, 0.5) is 0 Å². The van der Waals surface area contributed by atoms with Crippen LogP contribution in [0.25, 0.3) is 12.2 Å². The molecule has 2 aromatic rings. The summed E-state index contributed by atoms with van der Waals surface area (Å²) in [7, 11) is 0. The van der Waals surface area contributed by atoms with Crippen molar-refractivity contribution in [3.8, 4) is 0 Å². The van der Waals surface area contributed by atoms with Gasteiger partial charge in [0, 0.05) is 0 Å². The van der Waals surface area contributed by atoms with E-state index in [-0.39, 0.29) is 12.8 Å². The lowest BCUT2D eigenvalue weighted by molar-refractivity contribution is -0.137. The number of carboxylic acids is 2. The van der Waals surface area contributed by atoms with Crippen molar-refractivity contribution in [1.82, 2.24) is 0 Å². The molecule has 2 rings (SSSR count). The van der Waals surface area contributed by atoms with Crippen molar-refractivity contribution >= 4 is 24.1 Å². The molecule has 0 unspecified atom stereocenters. The predicted molar refractivity (Wildman–Crippen MR) is 93.6 cm³/mol. The number of allylic oxidation sites excluding steroid dienone is 2. The lowest BCUT2D eigenvalue weighted by Crippen LogP contribution is -1.99. The highest BCUT2D eigenvalue weighted by Gasteiger charge is 1.99. The molecule has 0 saturated heterocycles. The van der Waals surface area contributed by atoms with Gasteiger partial charge in [0.05, 0.1) is 12.8 Å². The van der Waals surface area contributed by atoms with E-state index in [0.717, 1.165) is 22.3 Å². The van der Waals surface area contributed by atoms with E-state index in [0.29, 0.717) is 0 Å². The van der Waals surface area contributed by atoms with E-state index in [2.05, 4.69) is 0 Å². The lowest BCUT2D eigenvalue weighted by Gasteiger charge is -1.98. The van der Waals surface area contributed by atoms with E-state index in [9.17, 15) is 9.59 Å². The SMILES string of the molecule is O=C(O)Cc1ccc(/C=C/C=C/c2ccc(CC(=O)O)cc2)cc1. The number of hydrogen-bond donors (Lipinski definition) is 2. The molecule has 0 saturated carbocycles. The van der Waals surface area contributed by atoms with Gasteiger partial charge in [0.1, 0.15) is 0 Å². The molecule has 0 bridgehead atoms. The Kier molecular flexibility index (Phi) is 6.08. The molecule has 0 aliphatic rings. The number of carboxylic acid groups (broad SMARTS) is 2. The molecular formula is C20H18O4. The van der Waals surface area contributed by atoms with Crippen LogP contribution in [-0.4, -0.2) is 22.2 Å². The van der Waals surface area contributed by atoms with Crippen molar-refractivity contribution in [2.75, 3.05) is 0 Å². The van der Waals surface area contributed by atoms with Gasteiger partial charge in [-0.25, -0.2) is 0 Å². The Morgan fingerprint density at radius 3 is 1.29 bits per heavy atom. The summed E-state index contributed by atoms with van der Waals surface area (Å²) in [6.45, 7) is 0. The van der Waals surface area contributed by atoms with Gasteiger partial charge in [-0.1, -0.05) is 72.8 Å². The Bertz CT molecular complexity index is 686. The third kappa shape index (κ3) is 5.93. The van der Waals surface area contributed by atoms with Crippen molar-refractivity contribution in [1.29, 1.82) is 0 Å². The maximum absolute atomic E-state index is 10.6. The van der Waals surface area contributed by atoms with Crippen LogP contribution in [0.1, 0.15) is 22.3 Å². The fraction of sp³-hybridized carbons (Fsp3) is 0.100. The first-order chi connectivity index (χ1) is 11.5. The van der Waals surface area contributed by atoms with Crippen LogP contribution < -0.4 is 0 Å². The molecule has 0 atom stereocenters. The van der Waals surface area contributed by atoms with Crippen LogP contribution in [0, 0.1) is 0 Å². The number of hydrogen-bond acceptors (Lipinski definition) is 2. The average Bonchev–Trinajstić information content (AvgIpc) is 2.53. The van der Waals surface area contributed by atoms with Crippen LogP contribution in [0.2, 0.25) is 0 Å². The standard InChI is InChI=1S/C20H18O4/c21-19(22)13-17-9-5-15(6-10-17)3-1-2-4-16-7-11-18(12-8-16)14-20(23)24/h1-12H,13-14H2,(H,21,22)(H,23,24)/b3-1+,4-2+. The molecule has 0 aliphatic heterocycles. The zero-order valence-corrected chi connectivity index (χ0v) is 13.1. The number of aliphatic carboxylic acids is 2. The Balaban J connectivity index is 1.91. The summed E-state index contributed by atoms with van der Waals surface area (Å²) in [5, 5.41) is 17.5. The van der Waals surface area contributed by atoms with Crippen molar-refractivity contribution in [3.05, 3.63) is 82.9 Å². The average molecular weight is 322 g/mol. The van der Waals surface area contributed by atoms with Gasteiger partial charge in [0.2, 0.25) is 0 Å². The monoisotopic (exact) mass is 322 g/mol. The number of rotatable bonds is 7. The second kappa shape index (κ2) is 8.48. The minimum absolute atomic E-state index is 0.0295. The van der Waals surface area contributed by atoms with Crippen LogP contribution in [0.3, 0.4) is 0 Å². The summed E-state index contributed by atoms with van der Waals surface area (Å²) in [4.78, 5) is 21.2. The van der Waals surface area contributed by atoms with Crippen LogP contribution in [0.5, 0.6) is 0 Å². The largest absolute Gasteiger partial charge is 0.481 e. The van der Waals surface area contributed by atoms with E-state index in [4.69, 9.17) is 10.2 Å². The molecule has 0 heterocycles. The number of carbonyl (C=O) groups is 2. The second-order valence-electron chi connectivity index (χ2n) is 5.34. The molecular weight excluding hydrogens is 304 g/mol. The van der Waals surface area contributed by atoms with Crippen molar-refractivity contribution < 1.29 is 19.8 Å². The molecule has 4 heteroatoms. The molecule has 0 aliphatic carbocycles. The van der Waals surface area contributed by atoms with Crippen LogP contribution >= 0.6 is 0 Å². The van der Waals surface area contributed by atoms with E-state index < -0.39 is 11.9 Å². The smallest absolute Gasteiger partial charge is 0.307 e. The summed E-state index contributed by atoms with van der Waals surface area (Å²) in [5.41, 5.74) is 3.53. The summed E-state index contributed by atoms with van der Waals surface area (Å²) in [5.74, 6) is -1.67. The fourth-order valence-corrected chi connectivity index (χ4v) is 2.18. The second-order valence-corrected chi connectivity index (χ2v) is 5.34. The minimum Gasteiger partial charge on any atom is -0.481 e. The first-order valence-electron chi connectivity index (χ1n) is 7.49. The summed E-state index contributed by atoms with van der Waals surface area (Å²) >= 11 is 0. The van der Waals surface area contributed by atoms with Gasteiger partial charge in [0.15, 0.2) is 0 Å². The zero-order valence-electron chi connectivity index (χ0n) is 13.1. The van der Waals surface area contributed by atoms with E-state index in [1.54, 1.807) is 24.3 Å². The van der Waals surface area contributed by atoms with Gasteiger partial charge in [-0.3, -0.25) is 9.59 Å². The van der Waals surface area contributed by atoms with E-state index in [1.807, 2.05) is 48.6 Å². The summed E-state index contributed by atoms with van der Waals surface area (Å²) in [6, 6.07) is 14.7. The molecule has 0 spiro atoms. The molecule has 0 fully saturated rings. The normalized spacial score (nSPS) is 11.2. The van der Waals surface area contributed by atoms with Gasteiger partial charge in [-0.15, -0.1) is 0 Å². The van der Waals surface area contributed by atoms with Crippen molar-refractivity contribution in [3.63, 3.8) is 0 Å². The quantitative estimate of drug-likeness (QED) is 0.763. The van der Waals surface area contributed by atoms with E-state index >= 15 is 0 Å². The molecule has 0 radical (unpaired) electrons. The van der Waals surface area contributed by atoms with Gasteiger partial charge >= 0.3 is 11.9 Å². The molecule has 2 aromatic carbocycles. The molecule has 2 N–H and O–H groups in total. The molecule has 4 nitrogen and oxygen atoms in total. The summed E-state index contributed by atoms with van der Waals surface area (Å²) in [6.07, 6.45) is 7.72. The highest BCUT2D eigenvalue weighted by atomic mass is 16.4. The Labute approximate surface area is 140 Å². The van der Waals surface area contributed by atoms with Crippen molar-refractivity contribution in [2.24, 2.45) is 0 Å². The fourth-order valence-electron chi connectivity index (χ4n) is 2.18. The van der Waals surface area contributed by atoms with Gasteiger partial charge in [-0.2, -0.15) is 0 Å². The third-order valence-corrected chi connectivity index (χ3v) is 3.36. The first kappa shape index (κ1) is 17.2. The maximum atomic E-state index is 10.6. The zero-order chi connectivity index (χ0) is 17.4. The van der Waals surface area contributed by atoms with Crippen molar-refractivity contribution in [2.45, 2.75) is 12.8 Å². The molecule has 122 valence electrons. The highest BCUT2D eigenvalue weighted by Crippen LogP contribution is 2.09. The van der Waals surface area contributed by atoms with Crippen LogP contribution in [0.15, 0.2) is 60.7 Å². The minimum atomic E-state index is -0.837. The third-order valence-electron chi connectivity index (χ3n) is 3.36. The molecule has 0 aromatic heterocycles. The summed E-state index contributed by atoms with van der Waals surface area (Å²) < 4.78 is 0. The Morgan fingerprint density at radius 2 is 1.00 bits per heavy atom. The highest BCUT2D eigenvalue weighted by molar-refractivity contribution is 5.71. The van der Waals surface area contributed by atoms with Gasteiger partial charge < -0.3 is 10.2 Å². The van der Waals surface area contributed by atoms with Gasteiger partial charge in [-0.05, 0) is 22.3 Å². The first-order valence-corrected chi connectivity index (χ1v) is 7.49. The predicted octanol–water partition coefficient (Wildman–Crippen LogP) is 3.67. The number of benzene rings is 2. The van der Waals surface area contributed by atoms with Gasteiger partial charge in [0.25, 0.3) is 0 Å².